The topological polar surface area (TPSA) is 84.0 Å². The highest BCUT2D eigenvalue weighted by Crippen LogP contribution is 2.22. The van der Waals surface area contributed by atoms with E-state index >= 15 is 0 Å². The van der Waals surface area contributed by atoms with Crippen LogP contribution in [0, 0.1) is 11.6 Å². The van der Waals surface area contributed by atoms with Crippen LogP contribution in [0.2, 0.25) is 0 Å². The smallest absolute Gasteiger partial charge is 0.258 e. The Bertz CT molecular complexity index is 1280. The van der Waals surface area contributed by atoms with Gasteiger partial charge in [-0.25, -0.2) is 8.78 Å². The third kappa shape index (κ3) is 4.69. The number of hydrogen-bond acceptors (Lipinski definition) is 4. The molecule has 0 aliphatic heterocycles. The van der Waals surface area contributed by atoms with Gasteiger partial charge in [0.25, 0.3) is 5.91 Å². The van der Waals surface area contributed by atoms with Gasteiger partial charge in [0.1, 0.15) is 17.2 Å². The number of nitrogens with one attached hydrogen (secondary N) is 2. The molecule has 2 N–H and O–H groups in total. The zero-order chi connectivity index (χ0) is 21.8. The lowest BCUT2D eigenvalue weighted by molar-refractivity contribution is -0.115. The number of benzene rings is 3. The molecule has 0 spiro atoms. The van der Waals surface area contributed by atoms with E-state index in [1.807, 2.05) is 6.07 Å². The summed E-state index contributed by atoms with van der Waals surface area (Å²) in [6.45, 7) is 0. The molecule has 6 nitrogen and oxygen atoms in total. The lowest BCUT2D eigenvalue weighted by Crippen LogP contribution is -2.17. The molecule has 1 aromatic heterocycles. The van der Waals surface area contributed by atoms with Crippen LogP contribution >= 0.6 is 0 Å². The Kier molecular flexibility index (Phi) is 5.61. The van der Waals surface area contributed by atoms with Gasteiger partial charge in [-0.05, 0) is 29.8 Å². The van der Waals surface area contributed by atoms with Crippen molar-refractivity contribution in [1.82, 2.24) is 9.97 Å². The Morgan fingerprint density at radius 2 is 1.65 bits per heavy atom. The molecular weight excluding hydrogens is 402 g/mol. The van der Waals surface area contributed by atoms with E-state index in [0.29, 0.717) is 0 Å². The van der Waals surface area contributed by atoms with Crippen LogP contribution in [0.4, 0.5) is 20.2 Å². The Morgan fingerprint density at radius 3 is 2.45 bits per heavy atom. The largest absolute Gasteiger partial charge is 0.323 e. The van der Waals surface area contributed by atoms with Gasteiger partial charge in [-0.2, -0.15) is 0 Å². The normalized spacial score (nSPS) is 10.6. The number of rotatable bonds is 5. The van der Waals surface area contributed by atoms with E-state index in [-0.39, 0.29) is 34.4 Å². The van der Waals surface area contributed by atoms with Crippen LogP contribution in [0.15, 0.2) is 73.1 Å². The maximum atomic E-state index is 14.2. The number of hydrogen-bond donors (Lipinski definition) is 2. The summed E-state index contributed by atoms with van der Waals surface area (Å²) in [6.07, 6.45) is 2.87. The van der Waals surface area contributed by atoms with Crippen molar-refractivity contribution in [2.75, 3.05) is 10.6 Å². The van der Waals surface area contributed by atoms with E-state index < -0.39 is 23.4 Å². The monoisotopic (exact) mass is 418 g/mol. The summed E-state index contributed by atoms with van der Waals surface area (Å²) in [6, 6.07) is 15.0. The van der Waals surface area contributed by atoms with Gasteiger partial charge in [-0.1, -0.05) is 30.3 Å². The number of nitrogens with zero attached hydrogens (tertiary/aromatic N) is 2. The molecule has 4 aromatic rings. The first-order valence-electron chi connectivity index (χ1n) is 9.34. The fourth-order valence-corrected chi connectivity index (χ4v) is 3.09. The van der Waals surface area contributed by atoms with Crippen molar-refractivity contribution in [3.8, 4) is 0 Å². The van der Waals surface area contributed by atoms with Crippen LogP contribution in [0.25, 0.3) is 11.0 Å². The van der Waals surface area contributed by atoms with Crippen LogP contribution in [0.1, 0.15) is 15.9 Å². The Labute approximate surface area is 176 Å². The minimum atomic E-state index is -0.651. The first-order valence-corrected chi connectivity index (χ1v) is 9.34. The first-order chi connectivity index (χ1) is 15.0. The molecule has 4 rings (SSSR count). The molecule has 0 radical (unpaired) electrons. The second kappa shape index (κ2) is 8.66. The highest BCUT2D eigenvalue weighted by molar-refractivity contribution is 6.11. The van der Waals surface area contributed by atoms with Crippen molar-refractivity contribution >= 4 is 34.2 Å². The molecule has 31 heavy (non-hydrogen) atoms. The van der Waals surface area contributed by atoms with Crippen LogP contribution in [0.5, 0.6) is 0 Å². The van der Waals surface area contributed by atoms with E-state index in [9.17, 15) is 18.4 Å². The number of aromatic nitrogens is 2. The fourth-order valence-electron chi connectivity index (χ4n) is 3.09. The Morgan fingerprint density at radius 1 is 0.871 bits per heavy atom. The molecule has 0 saturated heterocycles. The summed E-state index contributed by atoms with van der Waals surface area (Å²) in [5, 5.41) is 5.08. The summed E-state index contributed by atoms with van der Waals surface area (Å²) in [5.41, 5.74) is 1.39. The van der Waals surface area contributed by atoms with Crippen LogP contribution in [-0.4, -0.2) is 21.8 Å². The molecule has 0 fully saturated rings. The summed E-state index contributed by atoms with van der Waals surface area (Å²) < 4.78 is 28.1. The van der Waals surface area contributed by atoms with Crippen molar-refractivity contribution in [1.29, 1.82) is 0 Å². The van der Waals surface area contributed by atoms with Gasteiger partial charge in [0, 0.05) is 24.1 Å². The molecule has 1 heterocycles. The molecule has 154 valence electrons. The predicted molar refractivity (Wildman–Crippen MR) is 113 cm³/mol. The summed E-state index contributed by atoms with van der Waals surface area (Å²) in [4.78, 5) is 33.1. The van der Waals surface area contributed by atoms with Gasteiger partial charge in [-0.3, -0.25) is 19.6 Å². The lowest BCUT2D eigenvalue weighted by Gasteiger charge is -2.11. The van der Waals surface area contributed by atoms with Gasteiger partial charge < -0.3 is 10.6 Å². The molecule has 2 amide bonds. The Balaban J connectivity index is 1.54. The SMILES string of the molecule is O=C(Cc1ccccc1)Nc1cc(NC(=O)c2cc(F)cc3nccnc23)ccc1F. The van der Waals surface area contributed by atoms with Crippen molar-refractivity contribution in [3.05, 3.63) is 95.8 Å². The maximum absolute atomic E-state index is 14.2. The van der Waals surface area contributed by atoms with E-state index in [2.05, 4.69) is 20.6 Å². The zero-order valence-electron chi connectivity index (χ0n) is 16.1. The highest BCUT2D eigenvalue weighted by Gasteiger charge is 2.16. The second-order valence-corrected chi connectivity index (χ2v) is 6.74. The molecule has 0 saturated carbocycles. The van der Waals surface area contributed by atoms with Crippen LogP contribution < -0.4 is 10.6 Å². The standard InChI is InChI=1S/C23H16F2N4O2/c24-15-11-17(22-20(12-15)26-8-9-27-22)23(31)28-16-6-7-18(25)19(13-16)29-21(30)10-14-4-2-1-3-5-14/h1-9,11-13H,10H2,(H,28,31)(H,29,30). The summed E-state index contributed by atoms with van der Waals surface area (Å²) >= 11 is 0. The van der Waals surface area contributed by atoms with Gasteiger partial charge in [0.05, 0.1) is 23.2 Å². The van der Waals surface area contributed by atoms with Crippen molar-refractivity contribution < 1.29 is 18.4 Å². The number of halogens is 2. The van der Waals surface area contributed by atoms with Crippen molar-refractivity contribution in [3.63, 3.8) is 0 Å². The number of carbonyl (C=O) groups excluding carboxylic acids is 2. The third-order valence-electron chi connectivity index (χ3n) is 4.49. The average Bonchev–Trinajstić information content (AvgIpc) is 2.76. The summed E-state index contributed by atoms with van der Waals surface area (Å²) in [5.74, 6) is -2.33. The van der Waals surface area contributed by atoms with Gasteiger partial charge >= 0.3 is 0 Å². The van der Waals surface area contributed by atoms with Crippen molar-refractivity contribution in [2.24, 2.45) is 0 Å². The number of anilines is 2. The van der Waals surface area contributed by atoms with Gasteiger partial charge in [-0.15, -0.1) is 0 Å². The van der Waals surface area contributed by atoms with Crippen LogP contribution in [-0.2, 0) is 11.2 Å². The van der Waals surface area contributed by atoms with E-state index in [1.165, 1.54) is 30.6 Å². The van der Waals surface area contributed by atoms with E-state index in [4.69, 9.17) is 0 Å². The second-order valence-electron chi connectivity index (χ2n) is 6.74. The van der Waals surface area contributed by atoms with Crippen LogP contribution in [0.3, 0.4) is 0 Å². The number of fused-ring (bicyclic) bond motifs is 1. The molecular formula is C23H16F2N4O2. The minimum Gasteiger partial charge on any atom is -0.323 e. The lowest BCUT2D eigenvalue weighted by atomic mass is 10.1. The zero-order valence-corrected chi connectivity index (χ0v) is 16.1. The fraction of sp³-hybridized carbons (Fsp3) is 0.0435. The van der Waals surface area contributed by atoms with Crippen molar-refractivity contribution in [2.45, 2.75) is 6.42 Å². The van der Waals surface area contributed by atoms with Gasteiger partial charge in [0.2, 0.25) is 5.91 Å². The number of carbonyl (C=O) groups is 2. The van der Waals surface area contributed by atoms with Gasteiger partial charge in [0.15, 0.2) is 0 Å². The average molecular weight is 418 g/mol. The molecule has 0 atom stereocenters. The Hall–Kier alpha value is -4.20. The molecule has 8 heteroatoms. The quantitative estimate of drug-likeness (QED) is 0.505. The molecule has 0 bridgehead atoms. The molecule has 0 aliphatic carbocycles. The summed E-state index contributed by atoms with van der Waals surface area (Å²) in [7, 11) is 0. The van der Waals surface area contributed by atoms with E-state index in [1.54, 1.807) is 24.3 Å². The first kappa shape index (κ1) is 20.1. The number of amides is 2. The molecule has 0 unspecified atom stereocenters. The third-order valence-corrected chi connectivity index (χ3v) is 4.49. The molecule has 0 aliphatic rings. The predicted octanol–water partition coefficient (Wildman–Crippen LogP) is 4.34. The maximum Gasteiger partial charge on any atom is 0.258 e. The van der Waals surface area contributed by atoms with E-state index in [0.717, 1.165) is 17.7 Å². The minimum absolute atomic E-state index is 0.0120. The highest BCUT2D eigenvalue weighted by atomic mass is 19.1. The molecule has 3 aromatic carbocycles.